The van der Waals surface area contributed by atoms with Crippen LogP contribution in [0.4, 0.5) is 0 Å². The first-order valence-electron chi connectivity index (χ1n) is 8.42. The molecular weight excluding hydrogens is 472 g/mol. The van der Waals surface area contributed by atoms with Crippen molar-refractivity contribution in [1.82, 2.24) is 0 Å². The lowest BCUT2D eigenvalue weighted by molar-refractivity contribution is -0.134. The summed E-state index contributed by atoms with van der Waals surface area (Å²) in [4.78, 5) is 37.3. The Hall–Kier alpha value is -1.85. The maximum Gasteiger partial charge on any atom is 0.148 e. The third kappa shape index (κ3) is 4.36. The van der Waals surface area contributed by atoms with E-state index < -0.39 is 5.41 Å². The van der Waals surface area contributed by atoms with Crippen LogP contribution in [0.1, 0.15) is 30.5 Å². The van der Waals surface area contributed by atoms with Gasteiger partial charge in [-0.25, -0.2) is 0 Å². The van der Waals surface area contributed by atoms with E-state index in [1.165, 1.54) is 19.9 Å². The SMILES string of the molecule is CC(=O)C(Cc1ccc(Br)cc1)(C(C)=O)/C(=C/C=O)c1c(C)cccc1Br. The first-order valence-corrected chi connectivity index (χ1v) is 10.0. The highest BCUT2D eigenvalue weighted by atomic mass is 79.9. The van der Waals surface area contributed by atoms with Gasteiger partial charge in [0.05, 0.1) is 0 Å². The van der Waals surface area contributed by atoms with E-state index >= 15 is 0 Å². The number of Topliss-reactive ketones (excluding diaryl/α,β-unsaturated/α-hetero) is 2. The van der Waals surface area contributed by atoms with Gasteiger partial charge in [-0.15, -0.1) is 0 Å². The molecule has 0 atom stereocenters. The summed E-state index contributed by atoms with van der Waals surface area (Å²) in [6.07, 6.45) is 2.16. The van der Waals surface area contributed by atoms with E-state index in [-0.39, 0.29) is 18.0 Å². The molecule has 5 heteroatoms. The van der Waals surface area contributed by atoms with Crippen LogP contribution in [0.3, 0.4) is 0 Å². The zero-order valence-electron chi connectivity index (χ0n) is 15.4. The van der Waals surface area contributed by atoms with E-state index in [1.807, 2.05) is 49.4 Å². The second-order valence-corrected chi connectivity index (χ2v) is 8.24. The van der Waals surface area contributed by atoms with E-state index in [2.05, 4.69) is 31.9 Å². The third-order valence-electron chi connectivity index (χ3n) is 4.77. The molecule has 0 heterocycles. The molecule has 2 aromatic rings. The lowest BCUT2D eigenvalue weighted by Crippen LogP contribution is -2.40. The van der Waals surface area contributed by atoms with Crippen LogP contribution in [-0.2, 0) is 20.8 Å². The zero-order valence-corrected chi connectivity index (χ0v) is 18.6. The van der Waals surface area contributed by atoms with Gasteiger partial charge in [0.1, 0.15) is 23.3 Å². The van der Waals surface area contributed by atoms with Gasteiger partial charge in [0.15, 0.2) is 0 Å². The van der Waals surface area contributed by atoms with Crippen LogP contribution in [-0.4, -0.2) is 17.9 Å². The molecule has 0 spiro atoms. The number of aldehydes is 1. The van der Waals surface area contributed by atoms with E-state index in [0.29, 0.717) is 17.4 Å². The summed E-state index contributed by atoms with van der Waals surface area (Å²) in [6, 6.07) is 13.1. The number of allylic oxidation sites excluding steroid dienone is 2. The number of benzene rings is 2. The highest BCUT2D eigenvalue weighted by Crippen LogP contribution is 2.44. The summed E-state index contributed by atoms with van der Waals surface area (Å²) in [7, 11) is 0. The van der Waals surface area contributed by atoms with Gasteiger partial charge in [-0.05, 0) is 73.7 Å². The number of carbonyl (C=O) groups excluding carboxylic acids is 3. The Kier molecular flexibility index (Phi) is 7.06. The van der Waals surface area contributed by atoms with Crippen molar-refractivity contribution in [3.05, 3.63) is 74.2 Å². The van der Waals surface area contributed by atoms with Crippen LogP contribution >= 0.6 is 31.9 Å². The Labute approximate surface area is 176 Å². The second-order valence-electron chi connectivity index (χ2n) is 6.47. The van der Waals surface area contributed by atoms with Crippen molar-refractivity contribution < 1.29 is 14.4 Å². The summed E-state index contributed by atoms with van der Waals surface area (Å²) < 4.78 is 1.64. The molecule has 0 aromatic heterocycles. The molecule has 0 bridgehead atoms. The molecule has 0 aliphatic heterocycles. The molecule has 27 heavy (non-hydrogen) atoms. The van der Waals surface area contributed by atoms with Gasteiger partial charge < -0.3 is 0 Å². The third-order valence-corrected chi connectivity index (χ3v) is 5.96. The van der Waals surface area contributed by atoms with Gasteiger partial charge in [-0.3, -0.25) is 14.4 Å². The minimum Gasteiger partial charge on any atom is -0.299 e. The molecule has 2 aromatic carbocycles. The molecule has 0 fully saturated rings. The van der Waals surface area contributed by atoms with Crippen LogP contribution in [0.15, 0.2) is 57.5 Å². The monoisotopic (exact) mass is 490 g/mol. The van der Waals surface area contributed by atoms with E-state index in [9.17, 15) is 14.4 Å². The normalized spacial score (nSPS) is 12.0. The van der Waals surface area contributed by atoms with Gasteiger partial charge in [0.2, 0.25) is 0 Å². The van der Waals surface area contributed by atoms with Crippen molar-refractivity contribution in [3.8, 4) is 0 Å². The smallest absolute Gasteiger partial charge is 0.148 e. The highest BCUT2D eigenvalue weighted by molar-refractivity contribution is 9.10. The molecule has 0 saturated heterocycles. The zero-order chi connectivity index (χ0) is 20.2. The van der Waals surface area contributed by atoms with E-state index in [0.717, 1.165) is 20.1 Å². The number of aryl methyl sites for hydroxylation is 1. The van der Waals surface area contributed by atoms with Crippen LogP contribution in [0.5, 0.6) is 0 Å². The second kappa shape index (κ2) is 8.89. The first kappa shape index (κ1) is 21.5. The first-order chi connectivity index (χ1) is 12.7. The van der Waals surface area contributed by atoms with Crippen molar-refractivity contribution in [1.29, 1.82) is 0 Å². The fourth-order valence-corrected chi connectivity index (χ4v) is 4.30. The summed E-state index contributed by atoms with van der Waals surface area (Å²) in [5.74, 6) is -0.581. The Morgan fingerprint density at radius 2 is 1.59 bits per heavy atom. The molecule has 0 amide bonds. The van der Waals surface area contributed by atoms with Crippen LogP contribution in [0.25, 0.3) is 5.57 Å². The molecule has 2 rings (SSSR count). The minimum absolute atomic E-state index is 0.186. The number of halogens is 2. The van der Waals surface area contributed by atoms with Gasteiger partial charge in [-0.2, -0.15) is 0 Å². The van der Waals surface area contributed by atoms with Crippen LogP contribution in [0, 0.1) is 12.3 Å². The van der Waals surface area contributed by atoms with Crippen molar-refractivity contribution in [2.45, 2.75) is 27.2 Å². The topological polar surface area (TPSA) is 51.2 Å². The van der Waals surface area contributed by atoms with Gasteiger partial charge in [-0.1, -0.05) is 56.1 Å². The molecule has 0 aliphatic carbocycles. The van der Waals surface area contributed by atoms with Gasteiger partial charge in [0.25, 0.3) is 0 Å². The molecule has 140 valence electrons. The highest BCUT2D eigenvalue weighted by Gasteiger charge is 2.45. The van der Waals surface area contributed by atoms with E-state index in [1.54, 1.807) is 0 Å². The summed E-state index contributed by atoms with van der Waals surface area (Å²) in [6.45, 7) is 4.71. The van der Waals surface area contributed by atoms with Gasteiger partial charge >= 0.3 is 0 Å². The van der Waals surface area contributed by atoms with Crippen LogP contribution < -0.4 is 0 Å². The maximum atomic E-state index is 12.9. The average molecular weight is 492 g/mol. The Morgan fingerprint density at radius 3 is 2.07 bits per heavy atom. The van der Waals surface area contributed by atoms with Crippen molar-refractivity contribution >= 4 is 55.3 Å². The average Bonchev–Trinajstić information content (AvgIpc) is 2.60. The Bertz CT molecular complexity index is 877. The number of hydrogen-bond acceptors (Lipinski definition) is 3. The Balaban J connectivity index is 2.78. The predicted molar refractivity (Wildman–Crippen MR) is 115 cm³/mol. The fourth-order valence-electron chi connectivity index (χ4n) is 3.36. The summed E-state index contributed by atoms with van der Waals surface area (Å²) in [5, 5.41) is 0. The molecule has 0 N–H and O–H groups in total. The van der Waals surface area contributed by atoms with Crippen molar-refractivity contribution in [2.75, 3.05) is 0 Å². The maximum absolute atomic E-state index is 12.9. The molecule has 0 unspecified atom stereocenters. The van der Waals surface area contributed by atoms with Gasteiger partial charge in [0, 0.05) is 8.95 Å². The quantitative estimate of drug-likeness (QED) is 0.291. The fraction of sp³-hybridized carbons (Fsp3) is 0.227. The molecule has 0 aliphatic rings. The standard InChI is InChI=1S/C22H20Br2O3/c1-14-5-4-6-20(24)21(14)19(11-12-25)22(15(2)26,16(3)27)13-17-7-9-18(23)10-8-17/h4-12H,13H2,1-3H3/b19-11+. The minimum atomic E-state index is -1.44. The number of carbonyl (C=O) groups is 3. The van der Waals surface area contributed by atoms with E-state index in [4.69, 9.17) is 0 Å². The Morgan fingerprint density at radius 1 is 1.00 bits per heavy atom. The van der Waals surface area contributed by atoms with Crippen LogP contribution in [0.2, 0.25) is 0 Å². The lowest BCUT2D eigenvalue weighted by atomic mass is 9.67. The molecule has 0 saturated carbocycles. The molecule has 3 nitrogen and oxygen atoms in total. The molecular formula is C22H20Br2O3. The summed E-state index contributed by atoms with van der Waals surface area (Å²) in [5.41, 5.74) is 1.39. The largest absolute Gasteiger partial charge is 0.299 e. The number of ketones is 2. The number of hydrogen-bond donors (Lipinski definition) is 0. The van der Waals surface area contributed by atoms with Crippen molar-refractivity contribution in [3.63, 3.8) is 0 Å². The summed E-state index contributed by atoms with van der Waals surface area (Å²) >= 11 is 6.91. The molecule has 0 radical (unpaired) electrons. The van der Waals surface area contributed by atoms with Crippen molar-refractivity contribution in [2.24, 2.45) is 5.41 Å². The lowest BCUT2D eigenvalue weighted by Gasteiger charge is -2.33. The number of rotatable bonds is 7. The predicted octanol–water partition coefficient (Wildman–Crippen LogP) is 5.51.